The first-order chi connectivity index (χ1) is 14.7. The van der Waals surface area contributed by atoms with E-state index in [-0.39, 0.29) is 11.7 Å². The van der Waals surface area contributed by atoms with Gasteiger partial charge in [-0.2, -0.15) is 4.37 Å². The number of nitrogens with zero attached hydrogens (tertiary/aromatic N) is 3. The Labute approximate surface area is 182 Å². The summed E-state index contributed by atoms with van der Waals surface area (Å²) in [6, 6.07) is 15.6. The smallest absolute Gasteiger partial charge is 0.234 e. The molecule has 1 amide bonds. The van der Waals surface area contributed by atoms with E-state index < -0.39 is 0 Å². The highest BCUT2D eigenvalue weighted by molar-refractivity contribution is 8.00. The molecule has 0 spiro atoms. The number of ether oxygens (including phenoxy) is 1. The second-order valence-electron chi connectivity index (χ2n) is 6.46. The van der Waals surface area contributed by atoms with Gasteiger partial charge in [-0.25, -0.2) is 9.97 Å². The second-order valence-corrected chi connectivity index (χ2v) is 8.20. The quantitative estimate of drug-likeness (QED) is 0.322. The first kappa shape index (κ1) is 20.3. The zero-order chi connectivity index (χ0) is 20.9. The third-order valence-electron chi connectivity index (χ3n) is 4.60. The second kappa shape index (κ2) is 9.23. The molecule has 0 saturated heterocycles. The van der Waals surface area contributed by atoms with Gasteiger partial charge in [0.1, 0.15) is 33.0 Å². The minimum atomic E-state index is -0.0624. The van der Waals surface area contributed by atoms with Crippen LogP contribution in [0.3, 0.4) is 0 Å². The topological polar surface area (TPSA) is 77.0 Å². The highest BCUT2D eigenvalue weighted by Crippen LogP contribution is 2.34. The molecule has 0 atom stereocenters. The molecule has 0 radical (unpaired) electrons. The number of carbonyl (C=O) groups excluding carboxylic acids is 1. The van der Waals surface area contributed by atoms with Crippen LogP contribution >= 0.6 is 23.3 Å². The number of rotatable bonds is 7. The lowest BCUT2D eigenvalue weighted by Crippen LogP contribution is -2.15. The minimum absolute atomic E-state index is 0.0624. The monoisotopic (exact) mass is 436 g/mol. The van der Waals surface area contributed by atoms with E-state index in [9.17, 15) is 4.79 Å². The van der Waals surface area contributed by atoms with E-state index >= 15 is 0 Å². The standard InChI is InChI=1S/C22H20N4O2S2/c1-3-14-6-4-5-7-17(14)25-18(27)12-29-22-21-20(23-13-24-22)19(26-30-21)15-8-10-16(28-2)11-9-15/h4-11,13H,3,12H2,1-2H3,(H,25,27). The van der Waals surface area contributed by atoms with Crippen LogP contribution in [-0.4, -0.2) is 33.1 Å². The number of anilines is 1. The number of carbonyl (C=O) groups is 1. The van der Waals surface area contributed by atoms with Crippen LogP contribution in [0.2, 0.25) is 0 Å². The molecule has 0 bridgehead atoms. The number of aryl methyl sites for hydroxylation is 1. The van der Waals surface area contributed by atoms with Gasteiger partial charge in [0.25, 0.3) is 0 Å². The predicted octanol–water partition coefficient (Wildman–Crippen LogP) is 5.06. The molecular formula is C22H20N4O2S2. The van der Waals surface area contributed by atoms with Crippen LogP contribution < -0.4 is 10.1 Å². The Bertz CT molecular complexity index is 1180. The summed E-state index contributed by atoms with van der Waals surface area (Å²) in [5, 5.41) is 3.75. The van der Waals surface area contributed by atoms with E-state index in [0.717, 1.165) is 49.9 Å². The number of nitrogens with one attached hydrogen (secondary N) is 1. The normalized spacial score (nSPS) is 10.9. The highest BCUT2D eigenvalue weighted by Gasteiger charge is 2.16. The van der Waals surface area contributed by atoms with Crippen molar-refractivity contribution < 1.29 is 9.53 Å². The van der Waals surface area contributed by atoms with Gasteiger partial charge in [0.2, 0.25) is 5.91 Å². The van der Waals surface area contributed by atoms with Gasteiger partial charge in [-0.1, -0.05) is 36.9 Å². The molecule has 2 aromatic carbocycles. The summed E-state index contributed by atoms with van der Waals surface area (Å²) in [4.78, 5) is 21.3. The van der Waals surface area contributed by atoms with Gasteiger partial charge < -0.3 is 10.1 Å². The van der Waals surface area contributed by atoms with Gasteiger partial charge in [-0.3, -0.25) is 4.79 Å². The fraction of sp³-hybridized carbons (Fsp3) is 0.182. The van der Waals surface area contributed by atoms with Crippen molar-refractivity contribution in [1.29, 1.82) is 0 Å². The lowest BCUT2D eigenvalue weighted by Gasteiger charge is -2.09. The van der Waals surface area contributed by atoms with E-state index in [4.69, 9.17) is 4.74 Å². The molecule has 0 aliphatic rings. The lowest BCUT2D eigenvalue weighted by atomic mass is 10.1. The maximum atomic E-state index is 12.5. The molecule has 152 valence electrons. The fourth-order valence-corrected chi connectivity index (χ4v) is 4.77. The number of methoxy groups -OCH3 is 1. The molecule has 2 heterocycles. The minimum Gasteiger partial charge on any atom is -0.497 e. The molecule has 4 rings (SSSR count). The highest BCUT2D eigenvalue weighted by atomic mass is 32.2. The molecule has 4 aromatic rings. The van der Waals surface area contributed by atoms with Crippen LogP contribution in [0.25, 0.3) is 21.5 Å². The van der Waals surface area contributed by atoms with Crippen LogP contribution in [-0.2, 0) is 11.2 Å². The first-order valence-corrected chi connectivity index (χ1v) is 11.2. The molecule has 30 heavy (non-hydrogen) atoms. The molecule has 0 aliphatic heterocycles. The number of para-hydroxylation sites is 1. The van der Waals surface area contributed by atoms with Crippen LogP contribution in [0.5, 0.6) is 5.75 Å². The van der Waals surface area contributed by atoms with Crippen molar-refractivity contribution in [2.75, 3.05) is 18.2 Å². The van der Waals surface area contributed by atoms with Gasteiger partial charge >= 0.3 is 0 Å². The number of benzene rings is 2. The van der Waals surface area contributed by atoms with Crippen LogP contribution in [0.1, 0.15) is 12.5 Å². The molecule has 0 saturated carbocycles. The Morgan fingerprint density at radius 1 is 1.13 bits per heavy atom. The fourth-order valence-electron chi connectivity index (χ4n) is 3.05. The van der Waals surface area contributed by atoms with Crippen molar-refractivity contribution in [3.63, 3.8) is 0 Å². The number of thioether (sulfide) groups is 1. The van der Waals surface area contributed by atoms with E-state index in [1.54, 1.807) is 7.11 Å². The molecule has 1 N–H and O–H groups in total. The van der Waals surface area contributed by atoms with Gasteiger partial charge in [0.05, 0.1) is 12.9 Å². The molecule has 6 nitrogen and oxygen atoms in total. The number of amides is 1. The van der Waals surface area contributed by atoms with E-state index in [1.807, 2.05) is 48.5 Å². The molecular weight excluding hydrogens is 416 g/mol. The van der Waals surface area contributed by atoms with Crippen LogP contribution in [0, 0.1) is 0 Å². The summed E-state index contributed by atoms with van der Waals surface area (Å²) in [6.45, 7) is 2.07. The van der Waals surface area contributed by atoms with Gasteiger partial charge in [-0.15, -0.1) is 0 Å². The van der Waals surface area contributed by atoms with Crippen molar-refractivity contribution in [3.05, 3.63) is 60.4 Å². The van der Waals surface area contributed by atoms with E-state index in [2.05, 4.69) is 26.6 Å². The average molecular weight is 437 g/mol. The van der Waals surface area contributed by atoms with E-state index in [1.165, 1.54) is 29.6 Å². The Balaban J connectivity index is 1.51. The van der Waals surface area contributed by atoms with Crippen molar-refractivity contribution >= 4 is 45.1 Å². The third-order valence-corrected chi connectivity index (χ3v) is 6.56. The number of hydrogen-bond acceptors (Lipinski definition) is 7. The predicted molar refractivity (Wildman–Crippen MR) is 122 cm³/mol. The van der Waals surface area contributed by atoms with Crippen molar-refractivity contribution in [3.8, 4) is 17.0 Å². The summed E-state index contributed by atoms with van der Waals surface area (Å²) in [5.41, 5.74) is 4.54. The molecule has 2 aromatic heterocycles. The summed E-state index contributed by atoms with van der Waals surface area (Å²) >= 11 is 2.74. The Kier molecular flexibility index (Phi) is 6.25. The van der Waals surface area contributed by atoms with E-state index in [0.29, 0.717) is 0 Å². The van der Waals surface area contributed by atoms with Gasteiger partial charge in [0, 0.05) is 11.3 Å². The number of aromatic nitrogens is 3. The Hall–Kier alpha value is -2.97. The molecule has 0 unspecified atom stereocenters. The average Bonchev–Trinajstić information content (AvgIpc) is 3.23. The molecule has 0 aliphatic carbocycles. The number of fused-ring (bicyclic) bond motifs is 1. The number of hydrogen-bond donors (Lipinski definition) is 1. The van der Waals surface area contributed by atoms with Crippen molar-refractivity contribution in [2.24, 2.45) is 0 Å². The largest absolute Gasteiger partial charge is 0.497 e. The van der Waals surface area contributed by atoms with Crippen LogP contribution in [0.15, 0.2) is 59.9 Å². The molecule has 8 heteroatoms. The maximum absolute atomic E-state index is 12.5. The Morgan fingerprint density at radius 3 is 2.70 bits per heavy atom. The van der Waals surface area contributed by atoms with Crippen molar-refractivity contribution in [2.45, 2.75) is 18.4 Å². The van der Waals surface area contributed by atoms with Gasteiger partial charge in [-0.05, 0) is 53.8 Å². The summed E-state index contributed by atoms with van der Waals surface area (Å²) in [6.07, 6.45) is 2.39. The maximum Gasteiger partial charge on any atom is 0.234 e. The molecule has 0 fully saturated rings. The van der Waals surface area contributed by atoms with Gasteiger partial charge in [0.15, 0.2) is 0 Å². The summed E-state index contributed by atoms with van der Waals surface area (Å²) in [5.74, 6) is 0.993. The summed E-state index contributed by atoms with van der Waals surface area (Å²) < 4.78 is 10.7. The SMILES string of the molecule is CCc1ccccc1NC(=O)CSc1ncnc2c(-c3ccc(OC)cc3)nsc12. The third kappa shape index (κ3) is 4.29. The van der Waals surface area contributed by atoms with Crippen molar-refractivity contribution in [1.82, 2.24) is 14.3 Å². The zero-order valence-corrected chi connectivity index (χ0v) is 18.2. The lowest BCUT2D eigenvalue weighted by molar-refractivity contribution is -0.113. The van der Waals surface area contributed by atoms with Crippen LogP contribution in [0.4, 0.5) is 5.69 Å². The zero-order valence-electron chi connectivity index (χ0n) is 16.6. The Morgan fingerprint density at radius 2 is 1.93 bits per heavy atom. The summed E-state index contributed by atoms with van der Waals surface area (Å²) in [7, 11) is 1.64. The first-order valence-electron chi connectivity index (χ1n) is 9.45.